The first kappa shape index (κ1) is 20.9. The molecule has 0 saturated carbocycles. The van der Waals surface area contributed by atoms with E-state index in [-0.39, 0.29) is 29.5 Å². The van der Waals surface area contributed by atoms with Crippen LogP contribution in [0.1, 0.15) is 32.4 Å². The summed E-state index contributed by atoms with van der Waals surface area (Å²) in [6.45, 7) is 13.6. The average Bonchev–Trinajstić information content (AvgIpc) is 2.90. The molecule has 2 rings (SSSR count). The van der Waals surface area contributed by atoms with Gasteiger partial charge in [-0.2, -0.15) is 0 Å². The summed E-state index contributed by atoms with van der Waals surface area (Å²) in [5.41, 5.74) is 0.990. The van der Waals surface area contributed by atoms with Gasteiger partial charge in [0.05, 0.1) is 24.8 Å². The third-order valence-electron chi connectivity index (χ3n) is 4.50. The van der Waals surface area contributed by atoms with Crippen molar-refractivity contribution in [2.45, 2.75) is 58.6 Å². The van der Waals surface area contributed by atoms with Gasteiger partial charge in [-0.25, -0.2) is 0 Å². The van der Waals surface area contributed by atoms with Crippen molar-refractivity contribution in [3.63, 3.8) is 0 Å². The molecular weight excluding hydrogens is 342 g/mol. The van der Waals surface area contributed by atoms with Crippen LogP contribution in [0.3, 0.4) is 0 Å². The number of carbonyl (C=O) groups is 1. The van der Waals surface area contributed by atoms with E-state index < -0.39 is 8.32 Å². The van der Waals surface area contributed by atoms with Crippen molar-refractivity contribution in [2.75, 3.05) is 13.7 Å². The molecule has 1 heterocycles. The molecule has 144 valence electrons. The van der Waals surface area contributed by atoms with Gasteiger partial charge in [-0.3, -0.25) is 4.79 Å². The van der Waals surface area contributed by atoms with Crippen LogP contribution < -0.4 is 0 Å². The third kappa shape index (κ3) is 5.06. The zero-order valence-corrected chi connectivity index (χ0v) is 18.2. The van der Waals surface area contributed by atoms with Gasteiger partial charge in [-0.05, 0) is 30.6 Å². The minimum Gasteiger partial charge on any atom is -0.412 e. The van der Waals surface area contributed by atoms with Crippen LogP contribution in [-0.2, 0) is 14.0 Å². The zero-order valence-electron chi connectivity index (χ0n) is 17.2. The second-order valence-electron chi connectivity index (χ2n) is 8.99. The monoisotopic (exact) mass is 375 g/mol. The minimum atomic E-state index is -1.78. The molecule has 1 aromatic rings. The highest BCUT2D eigenvalue weighted by molar-refractivity contribution is 6.69. The second-order valence-corrected chi connectivity index (χ2v) is 13.5. The topological polar surface area (TPSA) is 38.8 Å². The largest absolute Gasteiger partial charge is 0.412 e. The normalized spacial score (nSPS) is 20.5. The highest BCUT2D eigenvalue weighted by Gasteiger charge is 2.44. The quantitative estimate of drug-likeness (QED) is 0.663. The molecule has 5 heteroatoms. The Morgan fingerprint density at radius 1 is 1.15 bits per heavy atom. The minimum absolute atomic E-state index is 0.0225. The zero-order chi connectivity index (χ0) is 19.5. The number of benzene rings is 1. The maximum absolute atomic E-state index is 12.8. The molecule has 26 heavy (non-hydrogen) atoms. The molecule has 0 fully saturated rings. The summed E-state index contributed by atoms with van der Waals surface area (Å²) in [5, 5.41) is 0. The summed E-state index contributed by atoms with van der Waals surface area (Å²) < 4.78 is 12.1. The van der Waals surface area contributed by atoms with Crippen LogP contribution in [0.15, 0.2) is 42.5 Å². The summed E-state index contributed by atoms with van der Waals surface area (Å²) in [4.78, 5) is 14.8. The number of hydrogen-bond acceptors (Lipinski definition) is 3. The van der Waals surface area contributed by atoms with E-state index in [1.165, 1.54) is 0 Å². The van der Waals surface area contributed by atoms with Gasteiger partial charge < -0.3 is 14.1 Å². The van der Waals surface area contributed by atoms with Gasteiger partial charge in [0.1, 0.15) is 0 Å². The summed E-state index contributed by atoms with van der Waals surface area (Å²) in [5.74, 6) is 0.0225. The molecule has 0 unspecified atom stereocenters. The van der Waals surface area contributed by atoms with Crippen molar-refractivity contribution in [2.24, 2.45) is 5.41 Å². The van der Waals surface area contributed by atoms with Crippen molar-refractivity contribution < 1.29 is 14.0 Å². The van der Waals surface area contributed by atoms with Crippen LogP contribution in [0.5, 0.6) is 0 Å². The molecule has 0 radical (unpaired) electrons. The van der Waals surface area contributed by atoms with Gasteiger partial charge in [-0.15, -0.1) is 0 Å². The average molecular weight is 376 g/mol. The van der Waals surface area contributed by atoms with E-state index in [1.807, 2.05) is 29.2 Å². The Morgan fingerprint density at radius 3 is 2.27 bits per heavy atom. The van der Waals surface area contributed by atoms with Gasteiger partial charge in [0.15, 0.2) is 8.32 Å². The summed E-state index contributed by atoms with van der Waals surface area (Å²) >= 11 is 0. The Hall–Kier alpha value is -1.43. The Labute approximate surface area is 159 Å². The van der Waals surface area contributed by atoms with Crippen LogP contribution in [0, 0.1) is 5.41 Å². The second kappa shape index (κ2) is 8.07. The first-order valence-electron chi connectivity index (χ1n) is 9.27. The van der Waals surface area contributed by atoms with Crippen LogP contribution in [0.2, 0.25) is 19.6 Å². The predicted octanol–water partition coefficient (Wildman–Crippen LogP) is 4.41. The van der Waals surface area contributed by atoms with E-state index in [1.54, 1.807) is 13.2 Å². The number of rotatable bonds is 7. The fourth-order valence-electron chi connectivity index (χ4n) is 3.42. The maximum Gasteiger partial charge on any atom is 0.247 e. The van der Waals surface area contributed by atoms with Crippen LogP contribution in [-0.4, -0.2) is 45.0 Å². The fourth-order valence-corrected chi connectivity index (χ4v) is 4.68. The smallest absolute Gasteiger partial charge is 0.247 e. The number of carbonyl (C=O) groups excluding carboxylic acids is 1. The van der Waals surface area contributed by atoms with Crippen LogP contribution in [0.4, 0.5) is 0 Å². The van der Waals surface area contributed by atoms with E-state index in [0.717, 1.165) is 5.56 Å². The molecule has 0 spiro atoms. The Balaban J connectivity index is 2.42. The predicted molar refractivity (Wildman–Crippen MR) is 109 cm³/mol. The number of nitrogens with zero attached hydrogens (tertiary/aromatic N) is 1. The molecule has 1 aliphatic heterocycles. The first-order chi connectivity index (χ1) is 12.0. The molecule has 1 aliphatic rings. The van der Waals surface area contributed by atoms with Gasteiger partial charge >= 0.3 is 0 Å². The molecule has 0 N–H and O–H groups in total. The van der Waals surface area contributed by atoms with E-state index in [4.69, 9.17) is 9.16 Å². The first-order valence-corrected chi connectivity index (χ1v) is 12.7. The molecule has 0 aromatic heterocycles. The summed E-state index contributed by atoms with van der Waals surface area (Å²) in [6, 6.07) is 9.86. The summed E-state index contributed by atoms with van der Waals surface area (Å²) in [6.07, 6.45) is 3.62. The standard InChI is InChI=1S/C21H33NO3Si/c1-21(2,3)20(25-26(5,6)7)17-13-14-19(23)22(17)18(15-24-4)16-11-9-8-10-12-16/h8-14,17-18,20H,15H2,1-7H3/t17-,18+,20+/m1/s1. The summed E-state index contributed by atoms with van der Waals surface area (Å²) in [7, 11) is -0.106. The molecule has 0 aliphatic carbocycles. The van der Waals surface area contributed by atoms with E-state index >= 15 is 0 Å². The SMILES string of the molecule is COC[C@@H](c1ccccc1)N1C(=O)C=C[C@@H]1[C@H](O[Si](C)(C)C)C(C)(C)C. The molecule has 3 atom stereocenters. The lowest BCUT2D eigenvalue weighted by Crippen LogP contribution is -2.53. The maximum atomic E-state index is 12.8. The highest BCUT2D eigenvalue weighted by atomic mass is 28.4. The molecule has 1 amide bonds. The number of amides is 1. The molecule has 4 nitrogen and oxygen atoms in total. The Kier molecular flexibility index (Phi) is 6.48. The number of methoxy groups -OCH3 is 1. The lowest BCUT2D eigenvalue weighted by Gasteiger charge is -2.44. The highest BCUT2D eigenvalue weighted by Crippen LogP contribution is 2.37. The van der Waals surface area contributed by atoms with Gasteiger partial charge in [0.25, 0.3) is 0 Å². The lowest BCUT2D eigenvalue weighted by atomic mass is 9.84. The van der Waals surface area contributed by atoms with E-state index in [9.17, 15) is 4.79 Å². The van der Waals surface area contributed by atoms with Crippen molar-refractivity contribution in [3.05, 3.63) is 48.0 Å². The lowest BCUT2D eigenvalue weighted by molar-refractivity contribution is -0.133. The van der Waals surface area contributed by atoms with E-state index in [2.05, 4.69) is 52.5 Å². The molecule has 1 aromatic carbocycles. The number of ether oxygens (including phenoxy) is 1. The van der Waals surface area contributed by atoms with Crippen molar-refractivity contribution in [1.82, 2.24) is 4.90 Å². The molecule has 0 saturated heterocycles. The Morgan fingerprint density at radius 2 is 1.77 bits per heavy atom. The van der Waals surface area contributed by atoms with Gasteiger partial charge in [0, 0.05) is 13.2 Å². The van der Waals surface area contributed by atoms with Crippen molar-refractivity contribution >= 4 is 14.2 Å². The third-order valence-corrected chi connectivity index (χ3v) is 5.46. The van der Waals surface area contributed by atoms with Crippen molar-refractivity contribution in [3.8, 4) is 0 Å². The molecular formula is C21H33NO3Si. The Bertz CT molecular complexity index is 631. The fraction of sp³-hybridized carbons (Fsp3) is 0.571. The van der Waals surface area contributed by atoms with Crippen LogP contribution >= 0.6 is 0 Å². The van der Waals surface area contributed by atoms with Crippen molar-refractivity contribution in [1.29, 1.82) is 0 Å². The van der Waals surface area contributed by atoms with E-state index in [0.29, 0.717) is 6.61 Å². The van der Waals surface area contributed by atoms with Gasteiger partial charge in [0.2, 0.25) is 5.91 Å². The van der Waals surface area contributed by atoms with Crippen LogP contribution in [0.25, 0.3) is 0 Å². The van der Waals surface area contributed by atoms with Gasteiger partial charge in [-0.1, -0.05) is 57.2 Å². The number of hydrogen-bond donors (Lipinski definition) is 0. The molecule has 0 bridgehead atoms.